The number of aromatic nitrogens is 4. The number of carbonyl (C=O) groups is 8. The molecular weight excluding hydrogens is 1430 g/mol. The predicted octanol–water partition coefficient (Wildman–Crippen LogP) is 10.6. The van der Waals surface area contributed by atoms with Gasteiger partial charge in [0.1, 0.15) is 23.4 Å². The van der Waals surface area contributed by atoms with Crippen LogP contribution >= 0.6 is 0 Å². The summed E-state index contributed by atoms with van der Waals surface area (Å²) in [5.74, 6) is -5.02. The van der Waals surface area contributed by atoms with Gasteiger partial charge in [0, 0.05) is 25.7 Å². The van der Waals surface area contributed by atoms with E-state index in [2.05, 4.69) is 43.7 Å². The third kappa shape index (κ3) is 18.0. The van der Waals surface area contributed by atoms with Crippen LogP contribution in [0, 0.1) is 58.2 Å². The number of hydrogen-bond donors (Lipinski definition) is 2. The van der Waals surface area contributed by atoms with Crippen molar-refractivity contribution in [1.82, 2.24) is 39.6 Å². The van der Waals surface area contributed by atoms with Gasteiger partial charge < -0.3 is 38.2 Å². The molecule has 0 unspecified atom stereocenters. The van der Waals surface area contributed by atoms with Crippen molar-refractivity contribution in [3.8, 4) is 23.5 Å². The average molecular weight is 1530 g/mol. The van der Waals surface area contributed by atoms with E-state index in [-0.39, 0.29) is 122 Å². The van der Waals surface area contributed by atoms with Crippen LogP contribution in [0.2, 0.25) is 0 Å². The van der Waals surface area contributed by atoms with Gasteiger partial charge in [-0.1, -0.05) is 76.3 Å². The number of allylic oxidation sites excluding steroid dienone is 4. The number of sulfonamides is 2. The highest BCUT2D eigenvalue weighted by Gasteiger charge is 2.65. The van der Waals surface area contributed by atoms with Crippen molar-refractivity contribution < 1.29 is 83.6 Å². The fourth-order valence-corrected chi connectivity index (χ4v) is 18.9. The van der Waals surface area contributed by atoms with Gasteiger partial charge in [-0.2, -0.15) is 0 Å². The summed E-state index contributed by atoms with van der Waals surface area (Å²) in [7, 11) is -4.90. The molecule has 2 saturated heterocycles. The largest absolute Gasteiger partial charge is 0.479 e. The number of hydrogen-bond acceptors (Lipinski definition) is 22. The molecule has 6 fully saturated rings. The Morgan fingerprint density at radius 2 is 0.852 bits per heavy atom. The molecule has 14 atom stereocenters. The Kier molecular flexibility index (Phi) is 23.5. The number of esters is 2. The van der Waals surface area contributed by atoms with Gasteiger partial charge in [-0.15, -0.1) is 20.4 Å². The summed E-state index contributed by atoms with van der Waals surface area (Å²) < 4.78 is 90.5. The predicted molar refractivity (Wildman–Crippen MR) is 402 cm³/mol. The monoisotopic (exact) mass is 1530 g/mol. The summed E-state index contributed by atoms with van der Waals surface area (Å²) in [5.41, 5.74) is -4.05. The molecule has 4 saturated carbocycles. The molecule has 588 valence electrons. The Morgan fingerprint density at radius 1 is 0.519 bits per heavy atom. The maximum atomic E-state index is 14.8. The molecule has 2 aromatic heterocycles. The number of ketones is 2. The SMILES string of the molecule is COc1nnc(O[C@@H]2C[C@H]3C(=O)C[C@]4(C(=O)NS(=O)(=O)C5(C)CC5)C[C@H]4/C=C\CC[C@@H](C)C[C@@H](C)[C@H](CC(=O)OC(C)(C)C)C(=O)N3C2)c2ccccc12.COc1nnc(O[C@@H]2C[C@H]3C(=O)C[C@]4(C(=O)NS(=O)(=O)C5(C)CC5)C[C@H]4/C=C\CC[C@H](C)C[C@@H](C)[C@H](CC(=O)OC(C)(C)C)C(=O)N3C2)c2ccccc12. The third-order valence-electron chi connectivity index (χ3n) is 23.4. The van der Waals surface area contributed by atoms with Crippen LogP contribution in [0.15, 0.2) is 72.8 Å². The van der Waals surface area contributed by atoms with Crippen LogP contribution in [-0.4, -0.2) is 166 Å². The first-order chi connectivity index (χ1) is 50.7. The smallest absolute Gasteiger partial charge is 0.307 e. The lowest BCUT2D eigenvalue weighted by Gasteiger charge is -2.32. The molecule has 0 spiro atoms. The molecule has 4 amide bonds. The number of rotatable bonds is 16. The maximum Gasteiger partial charge on any atom is 0.307 e. The van der Waals surface area contributed by atoms with E-state index in [1.807, 2.05) is 86.7 Å². The molecule has 2 N–H and O–H groups in total. The number of nitrogens with zero attached hydrogens (tertiary/aromatic N) is 6. The van der Waals surface area contributed by atoms with Gasteiger partial charge in [0.2, 0.25) is 67.2 Å². The van der Waals surface area contributed by atoms with Gasteiger partial charge in [-0.3, -0.25) is 47.8 Å². The number of amides is 4. The standard InChI is InChI=1S/2C40H54N4O9S/c2*1-24-12-8-9-13-26-21-40(26,37(48)43-54(49,50)39(6)16-17-39)22-32(45)31-19-27(52-35-29-15-11-10-14-28(29)34(51-7)41-42-35)23-44(31)36(47)30(25(2)18-24)20-33(46)53-38(3,4)5/h2*9-11,13-15,24-27,30-31H,8,12,16-23H2,1-7H3,(H,43,48)/b2*13-9-/t24-,25+,26+,27+,30-,31-,40+;24-,25-,26-,27-,30+,31+,40-/m01/s1. The Bertz CT molecular complexity index is 4150. The number of carbonyl (C=O) groups excluding carboxylic acids is 8. The summed E-state index contributed by atoms with van der Waals surface area (Å²) in [6.45, 7) is 22.1. The molecule has 108 heavy (non-hydrogen) atoms. The molecule has 6 heterocycles. The number of nitrogens with one attached hydrogen (secondary N) is 2. The molecule has 28 heteroatoms. The van der Waals surface area contributed by atoms with Crippen molar-refractivity contribution >= 4 is 88.7 Å². The van der Waals surface area contributed by atoms with Crippen molar-refractivity contribution in [2.45, 2.75) is 244 Å². The lowest BCUT2D eigenvalue weighted by molar-refractivity contribution is -0.160. The molecule has 4 aliphatic heterocycles. The number of ether oxygens (including phenoxy) is 6. The second kappa shape index (κ2) is 31.3. The first kappa shape index (κ1) is 80.9. The lowest BCUT2D eigenvalue weighted by Crippen LogP contribution is -2.48. The fourth-order valence-electron chi connectivity index (χ4n) is 16.2. The normalized spacial score (nSPS) is 30.6. The van der Waals surface area contributed by atoms with E-state index in [0.717, 1.165) is 12.8 Å². The van der Waals surface area contributed by atoms with Crippen LogP contribution in [0.1, 0.15) is 199 Å². The molecular formula is C80H108N8O18S2. The third-order valence-corrected chi connectivity index (χ3v) is 27.7. The molecule has 8 aliphatic rings. The average Bonchev–Trinajstić information content (AvgIpc) is 1.57. The summed E-state index contributed by atoms with van der Waals surface area (Å²) in [6.07, 6.45) is 12.8. The van der Waals surface area contributed by atoms with Crippen LogP contribution in [0.5, 0.6) is 23.5 Å². The van der Waals surface area contributed by atoms with E-state index in [1.54, 1.807) is 55.4 Å². The fraction of sp³-hybridized carbons (Fsp3) is 0.650. The second-order valence-electron chi connectivity index (χ2n) is 34.5. The molecule has 12 rings (SSSR count). The van der Waals surface area contributed by atoms with Crippen LogP contribution in [0.4, 0.5) is 0 Å². The highest BCUT2D eigenvalue weighted by molar-refractivity contribution is 7.92. The minimum atomic E-state index is -3.95. The number of methoxy groups -OCH3 is 2. The Hall–Kier alpha value is -8.14. The minimum absolute atomic E-state index is 0.0274. The zero-order valence-corrected chi connectivity index (χ0v) is 66.5. The van der Waals surface area contributed by atoms with Crippen molar-refractivity contribution in [2.75, 3.05) is 27.3 Å². The van der Waals surface area contributed by atoms with Gasteiger partial charge in [-0.25, -0.2) is 16.8 Å². The van der Waals surface area contributed by atoms with Gasteiger partial charge in [0.25, 0.3) is 0 Å². The molecule has 0 bridgehead atoms. The Labute approximate surface area is 634 Å². The van der Waals surface area contributed by atoms with Gasteiger partial charge >= 0.3 is 11.9 Å². The van der Waals surface area contributed by atoms with E-state index < -0.39 is 111 Å². The molecule has 0 radical (unpaired) electrons. The van der Waals surface area contributed by atoms with Crippen LogP contribution in [0.25, 0.3) is 21.5 Å². The minimum Gasteiger partial charge on any atom is -0.479 e. The second-order valence-corrected chi connectivity index (χ2v) is 38.9. The zero-order chi connectivity index (χ0) is 78.4. The topological polar surface area (TPSA) is 342 Å². The van der Waals surface area contributed by atoms with Crippen molar-refractivity contribution in [3.05, 3.63) is 72.8 Å². The van der Waals surface area contributed by atoms with E-state index in [9.17, 15) is 55.2 Å². The van der Waals surface area contributed by atoms with E-state index >= 15 is 0 Å². The highest BCUT2D eigenvalue weighted by atomic mass is 32.2. The quantitative estimate of drug-likeness (QED) is 0.0777. The van der Waals surface area contributed by atoms with E-state index in [4.69, 9.17) is 28.4 Å². The van der Waals surface area contributed by atoms with Crippen molar-refractivity contribution in [1.29, 1.82) is 0 Å². The summed E-state index contributed by atoms with van der Waals surface area (Å²) >= 11 is 0. The number of Topliss-reactive ketones (excluding diaryl/α,β-unsaturated/α-hetero) is 2. The van der Waals surface area contributed by atoms with Crippen LogP contribution in [0.3, 0.4) is 0 Å². The van der Waals surface area contributed by atoms with Crippen LogP contribution in [-0.2, 0) is 67.9 Å². The Morgan fingerprint density at radius 3 is 1.18 bits per heavy atom. The first-order valence-corrected chi connectivity index (χ1v) is 41.2. The maximum absolute atomic E-state index is 14.8. The van der Waals surface area contributed by atoms with Gasteiger partial charge in [0.15, 0.2) is 11.6 Å². The van der Waals surface area contributed by atoms with E-state index in [0.29, 0.717) is 97.5 Å². The summed E-state index contributed by atoms with van der Waals surface area (Å²) in [6, 6.07) is 12.7. The molecule has 26 nitrogen and oxygen atoms in total. The summed E-state index contributed by atoms with van der Waals surface area (Å²) in [5, 5.41) is 19.6. The first-order valence-electron chi connectivity index (χ1n) is 38.2. The molecule has 4 aromatic rings. The zero-order valence-electron chi connectivity index (χ0n) is 64.8. The highest BCUT2D eigenvalue weighted by Crippen LogP contribution is 2.59. The number of benzene rings is 2. The van der Waals surface area contributed by atoms with Gasteiger partial charge in [-0.05, 0) is 192 Å². The van der Waals surface area contributed by atoms with Crippen molar-refractivity contribution in [2.24, 2.45) is 58.2 Å². The van der Waals surface area contributed by atoms with Gasteiger partial charge in [0.05, 0.1) is 106 Å². The lowest BCUT2D eigenvalue weighted by atomic mass is 9.82. The van der Waals surface area contributed by atoms with Crippen molar-refractivity contribution in [3.63, 3.8) is 0 Å². The van der Waals surface area contributed by atoms with E-state index in [1.165, 1.54) is 24.0 Å². The summed E-state index contributed by atoms with van der Waals surface area (Å²) in [4.78, 5) is 116. The molecule has 4 aliphatic carbocycles. The van der Waals surface area contributed by atoms with Crippen LogP contribution < -0.4 is 28.4 Å². The Balaban J connectivity index is 0.000000215. The number of fused-ring (bicyclic) bond motifs is 6. The molecule has 2 aromatic carbocycles.